The molecule has 8 rings (SSSR count). The summed E-state index contributed by atoms with van der Waals surface area (Å²) in [6.45, 7) is 6.94. The molecular weight excluding hydrogens is 941 g/mol. The Balaban J connectivity index is 0.908. The highest BCUT2D eigenvalue weighted by Gasteiger charge is 2.40. The van der Waals surface area contributed by atoms with Gasteiger partial charge in [0.1, 0.15) is 30.3 Å². The molecule has 10 nitrogen and oxygen atoms in total. The predicted molar refractivity (Wildman–Crippen MR) is 256 cm³/mol. The Morgan fingerprint density at radius 3 is 2.23 bits per heavy atom. The van der Waals surface area contributed by atoms with E-state index >= 15 is 4.39 Å². The molecule has 0 spiro atoms. The van der Waals surface area contributed by atoms with Crippen molar-refractivity contribution in [2.45, 2.75) is 56.9 Å². The number of aryl methyl sites for hydroxylation is 1. The highest BCUT2D eigenvalue weighted by Crippen LogP contribution is 2.40. The average Bonchev–Trinajstić information content (AvgIpc) is 3.72. The van der Waals surface area contributed by atoms with Crippen LogP contribution in [0.25, 0.3) is 22.0 Å². The number of amides is 1. The number of piperidine rings is 1. The van der Waals surface area contributed by atoms with E-state index in [1.807, 2.05) is 48.7 Å². The van der Waals surface area contributed by atoms with Gasteiger partial charge in [0, 0.05) is 103 Å². The Labute approximate surface area is 406 Å². The summed E-state index contributed by atoms with van der Waals surface area (Å²) >= 11 is 6.00. The minimum Gasteiger partial charge on any atom is -0.493 e. The van der Waals surface area contributed by atoms with E-state index in [2.05, 4.69) is 36.4 Å². The van der Waals surface area contributed by atoms with Crippen LogP contribution in [0.15, 0.2) is 109 Å². The van der Waals surface area contributed by atoms with E-state index < -0.39 is 41.2 Å². The van der Waals surface area contributed by atoms with Gasteiger partial charge in [-0.15, -0.1) is 0 Å². The first-order valence-electron chi connectivity index (χ1n) is 23.1. The molecule has 372 valence electrons. The molecule has 6 aromatic rings. The summed E-state index contributed by atoms with van der Waals surface area (Å²) < 4.78 is 116. The SMILES string of the molecule is COc1cc(NC2(C(=O)NCCCn3cc(-c4ccccc4F)c4c(CN5CCN(CCOc6ccc(Cl)cc6)CC5)cccc43)CCNCC2)ccc1OCc1ccc(C(F)(F)F)cc1C(F)(F)F. The second-order valence-corrected chi connectivity index (χ2v) is 18.0. The van der Waals surface area contributed by atoms with Crippen molar-refractivity contribution in [3.63, 3.8) is 0 Å². The molecule has 1 amide bonds. The van der Waals surface area contributed by atoms with Crippen molar-refractivity contribution >= 4 is 34.1 Å². The fourth-order valence-corrected chi connectivity index (χ4v) is 9.31. The zero-order valence-electron chi connectivity index (χ0n) is 38.5. The van der Waals surface area contributed by atoms with Crippen LogP contribution < -0.4 is 30.2 Å². The Morgan fingerprint density at radius 2 is 1.51 bits per heavy atom. The number of hydrogen-bond donors (Lipinski definition) is 3. The molecule has 1 aromatic heterocycles. The monoisotopic (exact) mass is 994 g/mol. The number of carbonyl (C=O) groups is 1. The highest BCUT2D eigenvalue weighted by molar-refractivity contribution is 6.30. The van der Waals surface area contributed by atoms with Gasteiger partial charge in [0.25, 0.3) is 0 Å². The van der Waals surface area contributed by atoms with Gasteiger partial charge in [0.15, 0.2) is 11.5 Å². The highest BCUT2D eigenvalue weighted by atomic mass is 35.5. The fraction of sp³-hybridized carbons (Fsp3) is 0.365. The molecule has 2 aliphatic rings. The van der Waals surface area contributed by atoms with Crippen molar-refractivity contribution < 1.29 is 49.7 Å². The van der Waals surface area contributed by atoms with Crippen LogP contribution in [0.4, 0.5) is 36.4 Å². The Hall–Kier alpha value is -6.01. The molecule has 3 N–H and O–H groups in total. The van der Waals surface area contributed by atoms with Crippen molar-refractivity contribution in [3.8, 4) is 28.4 Å². The lowest BCUT2D eigenvalue weighted by molar-refractivity contribution is -0.143. The fourth-order valence-electron chi connectivity index (χ4n) is 9.18. The van der Waals surface area contributed by atoms with E-state index in [0.717, 1.165) is 66.6 Å². The van der Waals surface area contributed by atoms with Gasteiger partial charge in [-0.2, -0.15) is 26.3 Å². The summed E-state index contributed by atoms with van der Waals surface area (Å²) in [4.78, 5) is 19.0. The van der Waals surface area contributed by atoms with Crippen molar-refractivity contribution in [3.05, 3.63) is 142 Å². The Morgan fingerprint density at radius 1 is 0.771 bits per heavy atom. The third-order valence-corrected chi connectivity index (χ3v) is 13.2. The van der Waals surface area contributed by atoms with E-state index in [-0.39, 0.29) is 29.3 Å². The summed E-state index contributed by atoms with van der Waals surface area (Å²) in [5, 5.41) is 11.5. The van der Waals surface area contributed by atoms with E-state index in [9.17, 15) is 31.1 Å². The quantitative estimate of drug-likeness (QED) is 0.0579. The first-order chi connectivity index (χ1) is 33.6. The summed E-state index contributed by atoms with van der Waals surface area (Å²) in [5.74, 6) is 0.462. The third kappa shape index (κ3) is 12.1. The molecule has 0 radical (unpaired) electrons. The molecule has 0 saturated carbocycles. The number of nitrogens with one attached hydrogen (secondary N) is 3. The number of nitrogens with zero attached hydrogens (tertiary/aromatic N) is 3. The lowest BCUT2D eigenvalue weighted by atomic mass is 9.86. The number of piperazine rings is 1. The number of rotatable bonds is 18. The van der Waals surface area contributed by atoms with Gasteiger partial charge in [0.2, 0.25) is 5.91 Å². The zero-order valence-corrected chi connectivity index (χ0v) is 39.3. The van der Waals surface area contributed by atoms with Crippen molar-refractivity contribution in [1.29, 1.82) is 0 Å². The molecule has 18 heteroatoms. The van der Waals surface area contributed by atoms with Gasteiger partial charge in [-0.1, -0.05) is 48.0 Å². The molecule has 0 aliphatic carbocycles. The van der Waals surface area contributed by atoms with Crippen LogP contribution >= 0.6 is 11.6 Å². The van der Waals surface area contributed by atoms with Gasteiger partial charge >= 0.3 is 12.4 Å². The Bertz CT molecular complexity index is 2740. The molecule has 2 saturated heterocycles. The van der Waals surface area contributed by atoms with Crippen molar-refractivity contribution in [2.75, 3.05) is 71.4 Å². The molecule has 0 unspecified atom stereocenters. The van der Waals surface area contributed by atoms with E-state index in [0.29, 0.717) is 80.9 Å². The van der Waals surface area contributed by atoms with Crippen molar-refractivity contribution in [2.24, 2.45) is 0 Å². The standard InChI is InChI=1S/C52H54ClF7N6O4/c1-68-47-31-39(14-17-46(47)70-34-36-10-11-37(51(55,56)57)30-43(36)52(58,59)60)63-50(18-21-61-22-19-50)49(67)62-20-5-23-66-33-42(41-7-2-3-8-44(41)54)48-35(6-4-9-45(48)66)32-65-26-24-64(25-27-65)28-29-69-40-15-12-38(53)13-16-40/h2-4,6-17,30-31,33,61,63H,5,18-29,32,34H2,1H3,(H,62,67). The van der Waals surface area contributed by atoms with E-state index in [1.54, 1.807) is 24.3 Å². The summed E-state index contributed by atoms with van der Waals surface area (Å²) in [7, 11) is 1.34. The lowest BCUT2D eigenvalue weighted by Crippen LogP contribution is -2.57. The topological polar surface area (TPSA) is 92.3 Å². The number of halogens is 8. The van der Waals surface area contributed by atoms with Gasteiger partial charge < -0.3 is 34.7 Å². The number of ether oxygens (including phenoxy) is 3. The second kappa shape index (κ2) is 22.0. The first-order valence-corrected chi connectivity index (χ1v) is 23.5. The summed E-state index contributed by atoms with van der Waals surface area (Å²) in [5.41, 5.74) is -0.488. The van der Waals surface area contributed by atoms with Crippen LogP contribution in [0, 0.1) is 5.82 Å². The maximum atomic E-state index is 15.5. The minimum absolute atomic E-state index is 0.0549. The summed E-state index contributed by atoms with van der Waals surface area (Å²) in [6.07, 6.45) is -6.55. The maximum Gasteiger partial charge on any atom is 0.416 e. The summed E-state index contributed by atoms with van der Waals surface area (Å²) in [6, 6.07) is 26.4. The smallest absolute Gasteiger partial charge is 0.416 e. The van der Waals surface area contributed by atoms with Crippen LogP contribution in [0.2, 0.25) is 5.02 Å². The molecule has 2 aliphatic heterocycles. The molecule has 0 atom stereocenters. The maximum absolute atomic E-state index is 15.5. The normalized spacial score (nSPS) is 15.7. The van der Waals surface area contributed by atoms with Crippen LogP contribution in [-0.4, -0.2) is 91.9 Å². The van der Waals surface area contributed by atoms with Gasteiger partial charge in [-0.3, -0.25) is 14.6 Å². The van der Waals surface area contributed by atoms with Crippen molar-refractivity contribution in [1.82, 2.24) is 25.0 Å². The van der Waals surface area contributed by atoms with Crippen LogP contribution in [0.5, 0.6) is 17.2 Å². The van der Waals surface area contributed by atoms with E-state index in [1.165, 1.54) is 19.2 Å². The number of alkyl halides is 6. The molecule has 0 bridgehead atoms. The zero-order chi connectivity index (χ0) is 49.5. The van der Waals surface area contributed by atoms with Crippen LogP contribution in [0.1, 0.15) is 41.5 Å². The molecular formula is C52H54ClF7N6O4. The van der Waals surface area contributed by atoms with Crippen LogP contribution in [-0.2, 0) is 36.8 Å². The lowest BCUT2D eigenvalue weighted by Gasteiger charge is -2.38. The van der Waals surface area contributed by atoms with Crippen LogP contribution in [0.3, 0.4) is 0 Å². The number of carbonyl (C=O) groups excluding carboxylic acids is 1. The first kappa shape index (κ1) is 50.4. The largest absolute Gasteiger partial charge is 0.493 e. The number of methoxy groups -OCH3 is 1. The number of anilines is 1. The van der Waals surface area contributed by atoms with Gasteiger partial charge in [-0.25, -0.2) is 4.39 Å². The van der Waals surface area contributed by atoms with E-state index in [4.69, 9.17) is 25.8 Å². The predicted octanol–water partition coefficient (Wildman–Crippen LogP) is 10.7. The number of benzene rings is 5. The molecule has 70 heavy (non-hydrogen) atoms. The molecule has 3 heterocycles. The second-order valence-electron chi connectivity index (χ2n) is 17.5. The molecule has 2 fully saturated rings. The number of aromatic nitrogens is 1. The average molecular weight is 995 g/mol. The Kier molecular flexibility index (Phi) is 15.8. The van der Waals surface area contributed by atoms with Gasteiger partial charge in [-0.05, 0) is 98.6 Å². The molecule has 5 aromatic carbocycles. The van der Waals surface area contributed by atoms with Gasteiger partial charge in [0.05, 0.1) is 18.2 Å². The third-order valence-electron chi connectivity index (χ3n) is 12.9. The number of fused-ring (bicyclic) bond motifs is 1. The minimum atomic E-state index is -5.05. The number of hydrogen-bond acceptors (Lipinski definition) is 8.